The summed E-state index contributed by atoms with van der Waals surface area (Å²) in [7, 11) is 0. The van der Waals surface area contributed by atoms with Crippen molar-refractivity contribution in [3.8, 4) is 0 Å². The Bertz CT molecular complexity index is 455. The van der Waals surface area contributed by atoms with Crippen LogP contribution in [0.3, 0.4) is 0 Å². The van der Waals surface area contributed by atoms with Gasteiger partial charge in [-0.2, -0.15) is 11.8 Å². The third-order valence-electron chi connectivity index (χ3n) is 3.83. The van der Waals surface area contributed by atoms with Crippen LogP contribution in [0, 0.1) is 0 Å². The van der Waals surface area contributed by atoms with Crippen molar-refractivity contribution in [2.24, 2.45) is 5.73 Å². The lowest BCUT2D eigenvalue weighted by molar-refractivity contribution is -0.122. The molecule has 23 heavy (non-hydrogen) atoms. The summed E-state index contributed by atoms with van der Waals surface area (Å²) in [5, 5.41) is 2.97. The maximum atomic E-state index is 12.0. The van der Waals surface area contributed by atoms with Crippen LogP contribution in [-0.4, -0.2) is 41.9 Å². The molecular formula is C17H30ClN3OS. The van der Waals surface area contributed by atoms with E-state index in [-0.39, 0.29) is 18.3 Å². The van der Waals surface area contributed by atoms with Gasteiger partial charge in [0.25, 0.3) is 0 Å². The minimum absolute atomic E-state index is 0. The Balaban J connectivity index is 0.00000484. The highest BCUT2D eigenvalue weighted by Gasteiger charge is 2.13. The summed E-state index contributed by atoms with van der Waals surface area (Å²) in [5.41, 5.74) is 8.33. The number of hydrogen-bond acceptors (Lipinski definition) is 4. The van der Waals surface area contributed by atoms with E-state index in [0.717, 1.165) is 25.4 Å². The van der Waals surface area contributed by atoms with Gasteiger partial charge >= 0.3 is 0 Å². The van der Waals surface area contributed by atoms with E-state index in [4.69, 9.17) is 5.73 Å². The van der Waals surface area contributed by atoms with Gasteiger partial charge in [0.2, 0.25) is 5.91 Å². The fraction of sp³-hybridized carbons (Fsp3) is 0.588. The average Bonchev–Trinajstić information content (AvgIpc) is 2.56. The van der Waals surface area contributed by atoms with Gasteiger partial charge in [0, 0.05) is 13.1 Å². The van der Waals surface area contributed by atoms with E-state index in [1.54, 1.807) is 11.8 Å². The Morgan fingerprint density at radius 1 is 1.26 bits per heavy atom. The fourth-order valence-electron chi connectivity index (χ4n) is 2.26. The summed E-state index contributed by atoms with van der Waals surface area (Å²) < 4.78 is 0. The second-order valence-corrected chi connectivity index (χ2v) is 6.32. The van der Waals surface area contributed by atoms with E-state index in [1.165, 1.54) is 11.1 Å². The fourth-order valence-corrected chi connectivity index (χ4v) is 2.75. The van der Waals surface area contributed by atoms with Gasteiger partial charge in [-0.25, -0.2) is 0 Å². The van der Waals surface area contributed by atoms with Crippen LogP contribution >= 0.6 is 24.2 Å². The third kappa shape index (κ3) is 8.06. The lowest BCUT2D eigenvalue weighted by Gasteiger charge is -2.20. The van der Waals surface area contributed by atoms with Gasteiger partial charge in [-0.3, -0.25) is 9.69 Å². The second-order valence-electron chi connectivity index (χ2n) is 5.34. The summed E-state index contributed by atoms with van der Waals surface area (Å²) in [6.45, 7) is 7.84. The molecule has 1 aromatic carbocycles. The molecule has 0 saturated heterocycles. The standard InChI is InChI=1S/C17H29N3OS.ClH/c1-4-20(5-2)13-15-9-7-6-8-14(15)12-19-17(21)16(18)10-11-22-3;/h6-9,16H,4-5,10-13,18H2,1-3H3,(H,19,21);1H/t16-;/m0./s1. The molecule has 0 saturated carbocycles. The Kier molecular flexibility index (Phi) is 12.2. The number of carbonyl (C=O) groups excluding carboxylic acids is 1. The van der Waals surface area contributed by atoms with E-state index in [0.29, 0.717) is 13.0 Å². The molecule has 0 radical (unpaired) electrons. The van der Waals surface area contributed by atoms with Crippen molar-refractivity contribution in [3.05, 3.63) is 35.4 Å². The molecule has 0 unspecified atom stereocenters. The third-order valence-corrected chi connectivity index (χ3v) is 4.47. The molecule has 6 heteroatoms. The number of hydrogen-bond donors (Lipinski definition) is 2. The van der Waals surface area contributed by atoms with E-state index < -0.39 is 6.04 Å². The molecule has 0 bridgehead atoms. The molecule has 132 valence electrons. The number of thioether (sulfide) groups is 1. The normalized spacial score (nSPS) is 11.9. The van der Waals surface area contributed by atoms with E-state index in [2.05, 4.69) is 36.2 Å². The summed E-state index contributed by atoms with van der Waals surface area (Å²) in [6.07, 6.45) is 2.74. The predicted molar refractivity (Wildman–Crippen MR) is 103 cm³/mol. The minimum atomic E-state index is -0.414. The van der Waals surface area contributed by atoms with Crippen LogP contribution in [0.4, 0.5) is 0 Å². The average molecular weight is 360 g/mol. The molecule has 1 atom stereocenters. The number of halogens is 1. The number of rotatable bonds is 10. The molecule has 1 rings (SSSR count). The van der Waals surface area contributed by atoms with Crippen molar-refractivity contribution in [1.29, 1.82) is 0 Å². The smallest absolute Gasteiger partial charge is 0.237 e. The Morgan fingerprint density at radius 2 is 1.87 bits per heavy atom. The minimum Gasteiger partial charge on any atom is -0.351 e. The summed E-state index contributed by atoms with van der Waals surface area (Å²) in [6, 6.07) is 7.86. The van der Waals surface area contributed by atoms with E-state index >= 15 is 0 Å². The van der Waals surface area contributed by atoms with Gasteiger partial charge in [0.1, 0.15) is 0 Å². The maximum Gasteiger partial charge on any atom is 0.237 e. The summed E-state index contributed by atoms with van der Waals surface area (Å²) >= 11 is 1.71. The molecular weight excluding hydrogens is 330 g/mol. The van der Waals surface area contributed by atoms with Gasteiger partial charge in [0.05, 0.1) is 6.04 Å². The number of benzene rings is 1. The van der Waals surface area contributed by atoms with Crippen molar-refractivity contribution in [3.63, 3.8) is 0 Å². The number of nitrogens with zero attached hydrogens (tertiary/aromatic N) is 1. The van der Waals surface area contributed by atoms with Crippen molar-refractivity contribution in [2.45, 2.75) is 39.4 Å². The van der Waals surface area contributed by atoms with Gasteiger partial charge in [-0.05, 0) is 42.6 Å². The molecule has 4 nitrogen and oxygen atoms in total. The van der Waals surface area contributed by atoms with Crippen molar-refractivity contribution in [2.75, 3.05) is 25.1 Å². The first kappa shape index (κ1) is 22.2. The molecule has 0 aliphatic heterocycles. The largest absolute Gasteiger partial charge is 0.351 e. The first-order valence-corrected chi connectivity index (χ1v) is 9.33. The zero-order valence-electron chi connectivity index (χ0n) is 14.4. The summed E-state index contributed by atoms with van der Waals surface area (Å²) in [5.74, 6) is 0.847. The molecule has 1 amide bonds. The predicted octanol–water partition coefficient (Wildman–Crippen LogP) is 2.65. The van der Waals surface area contributed by atoms with Crippen LogP contribution in [-0.2, 0) is 17.9 Å². The van der Waals surface area contributed by atoms with Gasteiger partial charge < -0.3 is 11.1 Å². The van der Waals surface area contributed by atoms with Crippen molar-refractivity contribution >= 4 is 30.1 Å². The number of amides is 1. The number of nitrogens with one attached hydrogen (secondary N) is 1. The molecule has 0 aliphatic carbocycles. The first-order valence-electron chi connectivity index (χ1n) is 7.93. The topological polar surface area (TPSA) is 58.4 Å². The van der Waals surface area contributed by atoms with Crippen molar-refractivity contribution in [1.82, 2.24) is 10.2 Å². The first-order chi connectivity index (χ1) is 10.6. The zero-order chi connectivity index (χ0) is 16.4. The van der Waals surface area contributed by atoms with Crippen LogP contribution in [0.1, 0.15) is 31.4 Å². The Morgan fingerprint density at radius 3 is 2.43 bits per heavy atom. The molecule has 0 heterocycles. The highest BCUT2D eigenvalue weighted by atomic mass is 35.5. The van der Waals surface area contributed by atoms with Gasteiger partial charge in [-0.1, -0.05) is 38.1 Å². The number of nitrogens with two attached hydrogens (primary N) is 1. The van der Waals surface area contributed by atoms with Crippen LogP contribution in [0.15, 0.2) is 24.3 Å². The molecule has 0 fully saturated rings. The zero-order valence-corrected chi connectivity index (χ0v) is 16.0. The molecule has 0 aliphatic rings. The molecule has 0 aromatic heterocycles. The monoisotopic (exact) mass is 359 g/mol. The van der Waals surface area contributed by atoms with Gasteiger partial charge in [0.15, 0.2) is 0 Å². The van der Waals surface area contributed by atoms with Crippen LogP contribution in [0.2, 0.25) is 0 Å². The Labute approximate surface area is 151 Å². The quantitative estimate of drug-likeness (QED) is 0.674. The van der Waals surface area contributed by atoms with Crippen molar-refractivity contribution < 1.29 is 4.79 Å². The number of carbonyl (C=O) groups is 1. The van der Waals surface area contributed by atoms with Crippen LogP contribution < -0.4 is 11.1 Å². The van der Waals surface area contributed by atoms with E-state index in [9.17, 15) is 4.79 Å². The second kappa shape index (κ2) is 12.6. The lowest BCUT2D eigenvalue weighted by Crippen LogP contribution is -2.40. The molecule has 1 aromatic rings. The molecule has 0 spiro atoms. The SMILES string of the molecule is CCN(CC)Cc1ccccc1CNC(=O)[C@@H](N)CCSC.Cl. The van der Waals surface area contributed by atoms with E-state index in [1.807, 2.05) is 18.4 Å². The van der Waals surface area contributed by atoms with Crippen LogP contribution in [0.5, 0.6) is 0 Å². The summed E-state index contributed by atoms with van der Waals surface area (Å²) in [4.78, 5) is 14.4. The Hall–Kier alpha value is -0.750. The van der Waals surface area contributed by atoms with Crippen LogP contribution in [0.25, 0.3) is 0 Å². The lowest BCUT2D eigenvalue weighted by atomic mass is 10.1. The highest BCUT2D eigenvalue weighted by molar-refractivity contribution is 7.98. The molecule has 3 N–H and O–H groups in total. The highest BCUT2D eigenvalue weighted by Crippen LogP contribution is 2.12. The van der Waals surface area contributed by atoms with Gasteiger partial charge in [-0.15, -0.1) is 12.4 Å². The maximum absolute atomic E-state index is 12.0.